The van der Waals surface area contributed by atoms with Crippen LogP contribution >= 0.6 is 0 Å². The van der Waals surface area contributed by atoms with E-state index in [0.717, 1.165) is 31.5 Å². The van der Waals surface area contributed by atoms with Gasteiger partial charge in [0.2, 0.25) is 5.91 Å². The number of carbonyl (C=O) groups excluding carboxylic acids is 1. The summed E-state index contributed by atoms with van der Waals surface area (Å²) in [4.78, 5) is 12.0. The van der Waals surface area contributed by atoms with Crippen molar-refractivity contribution < 1.29 is 18.3 Å². The predicted molar refractivity (Wildman–Crippen MR) is 80.0 cm³/mol. The summed E-state index contributed by atoms with van der Waals surface area (Å²) in [6, 6.07) is 6.15. The van der Waals surface area contributed by atoms with E-state index in [9.17, 15) is 13.6 Å². The Bertz CT molecular complexity index is 485. The van der Waals surface area contributed by atoms with Crippen molar-refractivity contribution in [1.29, 1.82) is 0 Å². The van der Waals surface area contributed by atoms with Crippen LogP contribution in [-0.2, 0) is 11.2 Å². The molecule has 1 heterocycles. The van der Waals surface area contributed by atoms with Crippen LogP contribution in [0.1, 0.15) is 25.3 Å². The average Bonchev–Trinajstić information content (AvgIpc) is 2.48. The number of benzene rings is 1. The Hall–Kier alpha value is -1.69. The molecule has 1 aromatic carbocycles. The van der Waals surface area contributed by atoms with Crippen molar-refractivity contribution in [3.63, 3.8) is 0 Å². The van der Waals surface area contributed by atoms with Gasteiger partial charge in [-0.05, 0) is 49.0 Å². The van der Waals surface area contributed by atoms with Gasteiger partial charge in [-0.1, -0.05) is 19.1 Å². The van der Waals surface area contributed by atoms with Gasteiger partial charge >= 0.3 is 6.61 Å². The summed E-state index contributed by atoms with van der Waals surface area (Å²) in [5.74, 6) is 0.0451. The van der Waals surface area contributed by atoms with Crippen LogP contribution in [0, 0.1) is 5.41 Å². The molecule has 1 aliphatic heterocycles. The van der Waals surface area contributed by atoms with E-state index in [1.165, 1.54) is 12.1 Å². The van der Waals surface area contributed by atoms with Gasteiger partial charge in [-0.2, -0.15) is 8.78 Å². The number of alkyl halides is 2. The zero-order valence-corrected chi connectivity index (χ0v) is 12.7. The number of rotatable bonds is 6. The van der Waals surface area contributed by atoms with E-state index in [2.05, 4.69) is 22.3 Å². The maximum atomic E-state index is 12.1. The van der Waals surface area contributed by atoms with E-state index in [4.69, 9.17) is 0 Å². The maximum absolute atomic E-state index is 12.1. The molecule has 0 bridgehead atoms. The van der Waals surface area contributed by atoms with Gasteiger partial charge in [-0.15, -0.1) is 0 Å². The fourth-order valence-electron chi connectivity index (χ4n) is 2.56. The zero-order chi connectivity index (χ0) is 16.0. The van der Waals surface area contributed by atoms with Crippen LogP contribution in [0.3, 0.4) is 0 Å². The third-order valence-electron chi connectivity index (χ3n) is 4.04. The van der Waals surface area contributed by atoms with Gasteiger partial charge in [0.25, 0.3) is 0 Å². The van der Waals surface area contributed by atoms with E-state index < -0.39 is 6.61 Å². The molecule has 0 unspecified atom stereocenters. The summed E-state index contributed by atoms with van der Waals surface area (Å²) in [7, 11) is 0. The van der Waals surface area contributed by atoms with E-state index in [-0.39, 0.29) is 23.5 Å². The number of hydrogen-bond acceptors (Lipinski definition) is 3. The lowest BCUT2D eigenvalue weighted by atomic mass is 9.81. The molecule has 122 valence electrons. The molecule has 0 atom stereocenters. The van der Waals surface area contributed by atoms with E-state index in [1.54, 1.807) is 12.1 Å². The van der Waals surface area contributed by atoms with Crippen molar-refractivity contribution in [3.05, 3.63) is 29.8 Å². The summed E-state index contributed by atoms with van der Waals surface area (Å²) in [5.41, 5.74) is 0.921. The molecule has 6 heteroatoms. The van der Waals surface area contributed by atoms with E-state index in [1.807, 2.05) is 0 Å². The lowest BCUT2D eigenvalue weighted by molar-refractivity contribution is -0.121. The minimum absolute atomic E-state index is 0.0534. The summed E-state index contributed by atoms with van der Waals surface area (Å²) >= 11 is 0. The second-order valence-electron chi connectivity index (χ2n) is 6.04. The first-order valence-electron chi connectivity index (χ1n) is 7.48. The largest absolute Gasteiger partial charge is 0.435 e. The summed E-state index contributed by atoms with van der Waals surface area (Å²) < 4.78 is 28.4. The molecular formula is C16H22F2N2O2. The topological polar surface area (TPSA) is 50.4 Å². The third-order valence-corrected chi connectivity index (χ3v) is 4.04. The number of ether oxygens (including phenoxy) is 1. The average molecular weight is 312 g/mol. The fourth-order valence-corrected chi connectivity index (χ4v) is 2.56. The van der Waals surface area contributed by atoms with Crippen molar-refractivity contribution in [2.75, 3.05) is 19.6 Å². The molecule has 1 amide bonds. The Kier molecular flexibility index (Phi) is 5.71. The van der Waals surface area contributed by atoms with Gasteiger partial charge in [0.05, 0.1) is 6.42 Å². The van der Waals surface area contributed by atoms with Gasteiger partial charge in [0.1, 0.15) is 5.75 Å². The number of amides is 1. The molecular weight excluding hydrogens is 290 g/mol. The lowest BCUT2D eigenvalue weighted by Crippen LogP contribution is -2.43. The fraction of sp³-hybridized carbons (Fsp3) is 0.562. The molecule has 1 aromatic rings. The first kappa shape index (κ1) is 16.7. The Morgan fingerprint density at radius 3 is 2.55 bits per heavy atom. The molecule has 0 aromatic heterocycles. The summed E-state index contributed by atoms with van der Waals surface area (Å²) in [6.45, 7) is 1.99. The molecule has 22 heavy (non-hydrogen) atoms. The van der Waals surface area contributed by atoms with Crippen LogP contribution in [0.5, 0.6) is 5.75 Å². The highest BCUT2D eigenvalue weighted by Gasteiger charge is 2.26. The Balaban J connectivity index is 1.79. The van der Waals surface area contributed by atoms with Crippen LogP contribution in [0.15, 0.2) is 24.3 Å². The highest BCUT2D eigenvalue weighted by atomic mass is 19.3. The van der Waals surface area contributed by atoms with Crippen LogP contribution in [0.2, 0.25) is 0 Å². The molecule has 1 aliphatic rings. The van der Waals surface area contributed by atoms with Gasteiger partial charge in [0, 0.05) is 6.54 Å². The smallest absolute Gasteiger partial charge is 0.387 e. The molecule has 2 N–H and O–H groups in total. The quantitative estimate of drug-likeness (QED) is 0.848. The first-order valence-corrected chi connectivity index (χ1v) is 7.48. The number of carbonyl (C=O) groups is 1. The highest BCUT2D eigenvalue weighted by molar-refractivity contribution is 5.78. The SMILES string of the molecule is CC1(CNC(=O)Cc2ccc(OC(F)F)cc2)CCNCC1. The minimum Gasteiger partial charge on any atom is -0.435 e. The van der Waals surface area contributed by atoms with Gasteiger partial charge in [0.15, 0.2) is 0 Å². The third kappa shape index (κ3) is 5.26. The number of halogens is 2. The highest BCUT2D eigenvalue weighted by Crippen LogP contribution is 2.26. The van der Waals surface area contributed by atoms with Crippen molar-refractivity contribution in [2.45, 2.75) is 32.8 Å². The zero-order valence-electron chi connectivity index (χ0n) is 12.7. The predicted octanol–water partition coefficient (Wildman–Crippen LogP) is 2.34. The summed E-state index contributed by atoms with van der Waals surface area (Å²) in [6.07, 6.45) is 2.34. The van der Waals surface area contributed by atoms with Crippen molar-refractivity contribution >= 4 is 5.91 Å². The second-order valence-corrected chi connectivity index (χ2v) is 6.04. The molecule has 1 saturated heterocycles. The molecule has 2 rings (SSSR count). The van der Waals surface area contributed by atoms with Crippen LogP contribution in [0.25, 0.3) is 0 Å². The Morgan fingerprint density at radius 1 is 1.32 bits per heavy atom. The van der Waals surface area contributed by atoms with Crippen molar-refractivity contribution in [3.8, 4) is 5.75 Å². The second kappa shape index (κ2) is 7.54. The molecule has 0 spiro atoms. The Labute approximate surface area is 129 Å². The van der Waals surface area contributed by atoms with Gasteiger partial charge < -0.3 is 15.4 Å². The molecule has 0 aliphatic carbocycles. The van der Waals surface area contributed by atoms with E-state index in [0.29, 0.717) is 6.54 Å². The lowest BCUT2D eigenvalue weighted by Gasteiger charge is -2.34. The molecule has 4 nitrogen and oxygen atoms in total. The minimum atomic E-state index is -2.83. The standard InChI is InChI=1S/C16H22F2N2O2/c1-16(6-8-19-9-7-16)11-20-14(21)10-12-2-4-13(5-3-12)22-15(17)18/h2-5,15,19H,6-11H2,1H3,(H,20,21). The van der Waals surface area contributed by atoms with E-state index >= 15 is 0 Å². The molecule has 0 radical (unpaired) electrons. The van der Waals surface area contributed by atoms with Crippen LogP contribution in [0.4, 0.5) is 8.78 Å². The van der Waals surface area contributed by atoms with Crippen LogP contribution in [-0.4, -0.2) is 32.2 Å². The van der Waals surface area contributed by atoms with Gasteiger partial charge in [-0.3, -0.25) is 4.79 Å². The first-order chi connectivity index (χ1) is 10.5. The maximum Gasteiger partial charge on any atom is 0.387 e. The number of piperidine rings is 1. The number of nitrogens with one attached hydrogen (secondary N) is 2. The normalized spacial score (nSPS) is 17.3. The monoisotopic (exact) mass is 312 g/mol. The van der Waals surface area contributed by atoms with Crippen molar-refractivity contribution in [1.82, 2.24) is 10.6 Å². The van der Waals surface area contributed by atoms with Crippen LogP contribution < -0.4 is 15.4 Å². The summed E-state index contributed by atoms with van der Waals surface area (Å²) in [5, 5.41) is 6.28. The molecule has 0 saturated carbocycles. The van der Waals surface area contributed by atoms with Crippen molar-refractivity contribution in [2.24, 2.45) is 5.41 Å². The van der Waals surface area contributed by atoms with Gasteiger partial charge in [-0.25, -0.2) is 0 Å². The Morgan fingerprint density at radius 2 is 1.95 bits per heavy atom. The number of hydrogen-bond donors (Lipinski definition) is 2. The molecule has 1 fully saturated rings.